The molecule has 0 bridgehead atoms. The molecule has 1 aliphatic heterocycles. The number of rotatable bonds is 2. The summed E-state index contributed by atoms with van der Waals surface area (Å²) < 4.78 is 5.86. The Bertz CT molecular complexity index is 714. The van der Waals surface area contributed by atoms with E-state index in [0.717, 1.165) is 16.9 Å². The van der Waals surface area contributed by atoms with Crippen LogP contribution in [0.1, 0.15) is 31.8 Å². The molecule has 0 spiro atoms. The molecule has 4 heteroatoms. The molecule has 0 unspecified atom stereocenters. The van der Waals surface area contributed by atoms with E-state index >= 15 is 0 Å². The van der Waals surface area contributed by atoms with E-state index in [1.165, 1.54) is 0 Å². The van der Waals surface area contributed by atoms with Crippen LogP contribution >= 0.6 is 0 Å². The average Bonchev–Trinajstić information content (AvgIpc) is 2.69. The van der Waals surface area contributed by atoms with E-state index in [0.29, 0.717) is 16.9 Å². The molecule has 1 aliphatic rings. The van der Waals surface area contributed by atoms with Crippen LogP contribution in [0.4, 0.5) is 0 Å². The van der Waals surface area contributed by atoms with Gasteiger partial charge in [0.1, 0.15) is 11.5 Å². The number of imide groups is 1. The minimum absolute atomic E-state index is 0.358. The van der Waals surface area contributed by atoms with Crippen molar-refractivity contribution in [2.75, 3.05) is 0 Å². The number of aryl methyl sites for hydroxylation is 2. The zero-order valence-corrected chi connectivity index (χ0v) is 11.2. The first kappa shape index (κ1) is 12.4. The molecule has 100 valence electrons. The van der Waals surface area contributed by atoms with Crippen LogP contribution in [0.5, 0.6) is 11.5 Å². The molecule has 3 rings (SSSR count). The van der Waals surface area contributed by atoms with Gasteiger partial charge in [0.2, 0.25) is 0 Å². The highest BCUT2D eigenvalue weighted by molar-refractivity contribution is 6.21. The van der Waals surface area contributed by atoms with Gasteiger partial charge in [-0.1, -0.05) is 18.2 Å². The van der Waals surface area contributed by atoms with E-state index in [4.69, 9.17) is 4.74 Å². The van der Waals surface area contributed by atoms with Crippen LogP contribution in [0.2, 0.25) is 0 Å². The lowest BCUT2D eigenvalue weighted by atomic mass is 10.1. The number of para-hydroxylation sites is 1. The summed E-state index contributed by atoms with van der Waals surface area (Å²) in [4.78, 5) is 23.1. The van der Waals surface area contributed by atoms with Gasteiger partial charge in [-0.05, 0) is 43.2 Å². The van der Waals surface area contributed by atoms with Crippen LogP contribution in [-0.4, -0.2) is 11.8 Å². The molecule has 0 atom stereocenters. The highest BCUT2D eigenvalue weighted by atomic mass is 16.5. The molecule has 1 N–H and O–H groups in total. The Morgan fingerprint density at radius 3 is 2.25 bits per heavy atom. The summed E-state index contributed by atoms with van der Waals surface area (Å²) in [5, 5.41) is 2.26. The molecule has 2 amide bonds. The number of ether oxygens (including phenoxy) is 1. The van der Waals surface area contributed by atoms with Gasteiger partial charge >= 0.3 is 0 Å². The molecule has 2 aromatic carbocycles. The van der Waals surface area contributed by atoms with Crippen LogP contribution < -0.4 is 10.1 Å². The highest BCUT2D eigenvalue weighted by Crippen LogP contribution is 2.30. The number of fused-ring (bicyclic) bond motifs is 1. The van der Waals surface area contributed by atoms with Crippen molar-refractivity contribution in [2.45, 2.75) is 13.8 Å². The Kier molecular flexibility index (Phi) is 2.79. The second kappa shape index (κ2) is 4.49. The third-order valence-electron chi connectivity index (χ3n) is 3.34. The van der Waals surface area contributed by atoms with E-state index < -0.39 is 0 Å². The van der Waals surface area contributed by atoms with Gasteiger partial charge in [-0.15, -0.1) is 0 Å². The Balaban J connectivity index is 1.99. The summed E-state index contributed by atoms with van der Waals surface area (Å²) in [6.45, 7) is 3.93. The van der Waals surface area contributed by atoms with Crippen molar-refractivity contribution < 1.29 is 14.3 Å². The summed E-state index contributed by atoms with van der Waals surface area (Å²) in [6.07, 6.45) is 0. The van der Waals surface area contributed by atoms with Crippen molar-refractivity contribution in [2.24, 2.45) is 0 Å². The second-order valence-electron chi connectivity index (χ2n) is 4.81. The van der Waals surface area contributed by atoms with Crippen molar-refractivity contribution in [1.82, 2.24) is 5.32 Å². The molecular weight excluding hydrogens is 254 g/mol. The van der Waals surface area contributed by atoms with Crippen LogP contribution in [0.15, 0.2) is 36.4 Å². The molecule has 0 aromatic heterocycles. The molecule has 20 heavy (non-hydrogen) atoms. The van der Waals surface area contributed by atoms with Gasteiger partial charge in [0.25, 0.3) is 11.8 Å². The Labute approximate surface area is 116 Å². The minimum Gasteiger partial charge on any atom is -0.457 e. The molecule has 4 nitrogen and oxygen atoms in total. The maximum Gasteiger partial charge on any atom is 0.259 e. The van der Waals surface area contributed by atoms with Crippen LogP contribution in [0.3, 0.4) is 0 Å². The van der Waals surface area contributed by atoms with Gasteiger partial charge in [-0.3, -0.25) is 14.9 Å². The maximum absolute atomic E-state index is 11.6. The number of amides is 2. The van der Waals surface area contributed by atoms with Crippen molar-refractivity contribution >= 4 is 11.8 Å². The summed E-state index contributed by atoms with van der Waals surface area (Å²) in [6, 6.07) is 10.8. The number of benzene rings is 2. The van der Waals surface area contributed by atoms with E-state index in [2.05, 4.69) is 5.32 Å². The predicted molar refractivity (Wildman–Crippen MR) is 74.2 cm³/mol. The fourth-order valence-electron chi connectivity index (χ4n) is 2.29. The molecule has 0 aliphatic carbocycles. The topological polar surface area (TPSA) is 55.4 Å². The van der Waals surface area contributed by atoms with Crippen LogP contribution in [-0.2, 0) is 0 Å². The molecule has 1 heterocycles. The second-order valence-corrected chi connectivity index (χ2v) is 4.81. The summed E-state index contributed by atoms with van der Waals surface area (Å²) in [5.41, 5.74) is 2.79. The van der Waals surface area contributed by atoms with Gasteiger partial charge in [0.15, 0.2) is 0 Å². The van der Waals surface area contributed by atoms with Crippen molar-refractivity contribution in [1.29, 1.82) is 0 Å². The lowest BCUT2D eigenvalue weighted by molar-refractivity contribution is 0.0879. The van der Waals surface area contributed by atoms with Crippen LogP contribution in [0, 0.1) is 13.8 Å². The zero-order valence-electron chi connectivity index (χ0n) is 11.2. The monoisotopic (exact) mass is 267 g/mol. The lowest BCUT2D eigenvalue weighted by Crippen LogP contribution is -2.19. The fourth-order valence-corrected chi connectivity index (χ4v) is 2.29. The van der Waals surface area contributed by atoms with Gasteiger partial charge < -0.3 is 4.74 Å². The highest BCUT2D eigenvalue weighted by Gasteiger charge is 2.27. The summed E-state index contributed by atoms with van der Waals surface area (Å²) in [5.74, 6) is 0.587. The largest absolute Gasteiger partial charge is 0.457 e. The van der Waals surface area contributed by atoms with E-state index in [1.54, 1.807) is 18.2 Å². The smallest absolute Gasteiger partial charge is 0.259 e. The Hall–Kier alpha value is -2.62. The van der Waals surface area contributed by atoms with Gasteiger partial charge in [0.05, 0.1) is 11.1 Å². The van der Waals surface area contributed by atoms with Crippen molar-refractivity contribution in [3.8, 4) is 11.5 Å². The number of hydrogen-bond acceptors (Lipinski definition) is 3. The SMILES string of the molecule is Cc1cccc(C)c1Oc1ccc2c(c1)C(=O)NC2=O. The maximum atomic E-state index is 11.6. The molecule has 0 saturated carbocycles. The standard InChI is InChI=1S/C16H13NO3/c1-9-4-3-5-10(2)14(9)20-11-6-7-12-13(8-11)16(19)17-15(12)18/h3-8H,1-2H3,(H,17,18,19). The van der Waals surface area contributed by atoms with Crippen LogP contribution in [0.25, 0.3) is 0 Å². The average molecular weight is 267 g/mol. The molecule has 2 aromatic rings. The van der Waals surface area contributed by atoms with Crippen molar-refractivity contribution in [3.05, 3.63) is 58.7 Å². The first-order valence-electron chi connectivity index (χ1n) is 6.30. The lowest BCUT2D eigenvalue weighted by Gasteiger charge is -2.11. The number of nitrogens with one attached hydrogen (secondary N) is 1. The quantitative estimate of drug-likeness (QED) is 0.851. The van der Waals surface area contributed by atoms with Gasteiger partial charge in [0, 0.05) is 0 Å². The third kappa shape index (κ3) is 1.95. The van der Waals surface area contributed by atoms with E-state index in [1.807, 2.05) is 32.0 Å². The molecule has 0 fully saturated rings. The molecule has 0 saturated heterocycles. The van der Waals surface area contributed by atoms with Crippen molar-refractivity contribution in [3.63, 3.8) is 0 Å². The summed E-state index contributed by atoms with van der Waals surface area (Å²) in [7, 11) is 0. The van der Waals surface area contributed by atoms with Gasteiger partial charge in [-0.2, -0.15) is 0 Å². The van der Waals surface area contributed by atoms with E-state index in [-0.39, 0.29) is 11.8 Å². The fraction of sp³-hybridized carbons (Fsp3) is 0.125. The number of carbonyl (C=O) groups is 2. The first-order valence-corrected chi connectivity index (χ1v) is 6.30. The number of carbonyl (C=O) groups excluding carboxylic acids is 2. The van der Waals surface area contributed by atoms with Gasteiger partial charge in [-0.25, -0.2) is 0 Å². The third-order valence-corrected chi connectivity index (χ3v) is 3.34. The minimum atomic E-state index is -0.378. The molecule has 0 radical (unpaired) electrons. The Morgan fingerprint density at radius 1 is 0.900 bits per heavy atom. The Morgan fingerprint density at radius 2 is 1.55 bits per heavy atom. The normalized spacial score (nSPS) is 13.1. The van der Waals surface area contributed by atoms with E-state index in [9.17, 15) is 9.59 Å². The zero-order chi connectivity index (χ0) is 14.3. The predicted octanol–water partition coefficient (Wildman–Crippen LogP) is 2.98. The summed E-state index contributed by atoms with van der Waals surface area (Å²) >= 11 is 0. The number of hydrogen-bond donors (Lipinski definition) is 1. The first-order chi connectivity index (χ1) is 9.56. The molecular formula is C16H13NO3.